The van der Waals surface area contributed by atoms with Crippen LogP contribution in [0.1, 0.15) is 45.1 Å². The molecule has 4 nitrogen and oxygen atoms in total. The minimum absolute atomic E-state index is 0.287. The summed E-state index contributed by atoms with van der Waals surface area (Å²) >= 11 is 0. The van der Waals surface area contributed by atoms with Gasteiger partial charge in [-0.2, -0.15) is 0 Å². The van der Waals surface area contributed by atoms with E-state index in [1.54, 1.807) is 19.1 Å². The Hall–Kier alpha value is -1.55. The average Bonchev–Trinajstić information content (AvgIpc) is 2.37. The molecule has 1 aromatic rings. The Balaban J connectivity index is 2.44. The van der Waals surface area contributed by atoms with Crippen LogP contribution in [0.3, 0.4) is 0 Å². The first kappa shape index (κ1) is 16.5. The molecule has 0 aromatic heterocycles. The van der Waals surface area contributed by atoms with Gasteiger partial charge < -0.3 is 15.9 Å². The fraction of sp³-hybridized carbons (Fsp3) is 0.562. The van der Waals surface area contributed by atoms with E-state index in [9.17, 15) is 9.90 Å². The molecule has 0 saturated heterocycles. The maximum atomic E-state index is 11.1. The van der Waals surface area contributed by atoms with Crippen molar-refractivity contribution in [3.8, 4) is 5.75 Å². The van der Waals surface area contributed by atoms with Gasteiger partial charge in [-0.1, -0.05) is 31.9 Å². The summed E-state index contributed by atoms with van der Waals surface area (Å²) in [5, 5.41) is 18.5. The van der Waals surface area contributed by atoms with Crippen LogP contribution in [-0.4, -0.2) is 21.7 Å². The number of hydrogen-bond donors (Lipinski definition) is 3. The smallest absolute Gasteiger partial charge is 0.323 e. The van der Waals surface area contributed by atoms with Crippen LogP contribution in [0.4, 0.5) is 0 Å². The third-order valence-corrected chi connectivity index (χ3v) is 3.77. The van der Waals surface area contributed by atoms with Crippen LogP contribution in [-0.2, 0) is 11.2 Å². The molecule has 0 aliphatic carbocycles. The zero-order valence-corrected chi connectivity index (χ0v) is 12.3. The predicted molar refractivity (Wildman–Crippen MR) is 79.7 cm³/mol. The number of aryl methyl sites for hydroxylation is 1. The van der Waals surface area contributed by atoms with E-state index >= 15 is 0 Å². The zero-order chi connectivity index (χ0) is 15.2. The van der Waals surface area contributed by atoms with Crippen molar-refractivity contribution in [3.63, 3.8) is 0 Å². The summed E-state index contributed by atoms with van der Waals surface area (Å²) in [6, 6.07) is 7.25. The molecule has 4 N–H and O–H groups in total. The normalized spacial score (nSPS) is 15.6. The lowest BCUT2D eigenvalue weighted by Gasteiger charge is -2.25. The topological polar surface area (TPSA) is 83.5 Å². The first-order chi connectivity index (χ1) is 9.35. The molecule has 0 aliphatic heterocycles. The summed E-state index contributed by atoms with van der Waals surface area (Å²) < 4.78 is 0. The summed E-state index contributed by atoms with van der Waals surface area (Å²) in [5.74, 6) is -0.336. The molecule has 2 atom stereocenters. The maximum absolute atomic E-state index is 11.1. The van der Waals surface area contributed by atoms with E-state index in [0.29, 0.717) is 12.3 Å². The quantitative estimate of drug-likeness (QED) is 0.683. The third-order valence-electron chi connectivity index (χ3n) is 3.77. The van der Waals surface area contributed by atoms with E-state index in [-0.39, 0.29) is 5.75 Å². The van der Waals surface area contributed by atoms with E-state index in [2.05, 4.69) is 6.92 Å². The van der Waals surface area contributed by atoms with Crippen molar-refractivity contribution in [3.05, 3.63) is 29.8 Å². The lowest BCUT2D eigenvalue weighted by molar-refractivity contribution is -0.143. The standard InChI is InChI=1S/C16H25NO3/c1-3-12(11-16(2,17)15(19)20)6-4-7-13-8-5-9-14(18)10-13/h5,8-10,12,18H,3-4,6-7,11,17H2,1-2H3,(H,19,20). The number of phenolic OH excluding ortho intramolecular Hbond substituents is 1. The van der Waals surface area contributed by atoms with Crippen LogP contribution < -0.4 is 5.73 Å². The molecule has 4 heteroatoms. The molecule has 0 bridgehead atoms. The minimum Gasteiger partial charge on any atom is -0.508 e. The minimum atomic E-state index is -1.15. The highest BCUT2D eigenvalue weighted by Gasteiger charge is 2.30. The SMILES string of the molecule is CCC(CCCc1cccc(O)c1)CC(C)(N)C(=O)O. The van der Waals surface area contributed by atoms with Crippen LogP contribution in [0.25, 0.3) is 0 Å². The number of carboxylic acids is 1. The van der Waals surface area contributed by atoms with E-state index < -0.39 is 11.5 Å². The van der Waals surface area contributed by atoms with Gasteiger partial charge in [0.15, 0.2) is 0 Å². The molecule has 0 spiro atoms. The second-order valence-electron chi connectivity index (χ2n) is 5.76. The average molecular weight is 279 g/mol. The van der Waals surface area contributed by atoms with Crippen molar-refractivity contribution >= 4 is 5.97 Å². The Morgan fingerprint density at radius 2 is 2.15 bits per heavy atom. The van der Waals surface area contributed by atoms with Gasteiger partial charge in [0.25, 0.3) is 0 Å². The summed E-state index contributed by atoms with van der Waals surface area (Å²) in [4.78, 5) is 11.1. The predicted octanol–water partition coefficient (Wildman–Crippen LogP) is 2.93. The molecule has 2 unspecified atom stereocenters. The lowest BCUT2D eigenvalue weighted by Crippen LogP contribution is -2.46. The number of benzene rings is 1. The van der Waals surface area contributed by atoms with E-state index in [1.165, 1.54) is 0 Å². The van der Waals surface area contributed by atoms with Crippen LogP contribution in [0, 0.1) is 5.92 Å². The molecular formula is C16H25NO3. The Morgan fingerprint density at radius 3 is 2.70 bits per heavy atom. The number of rotatable bonds is 8. The molecule has 0 amide bonds. The van der Waals surface area contributed by atoms with Gasteiger partial charge in [0.2, 0.25) is 0 Å². The molecule has 0 saturated carbocycles. The highest BCUT2D eigenvalue weighted by molar-refractivity contribution is 5.77. The van der Waals surface area contributed by atoms with Gasteiger partial charge in [-0.15, -0.1) is 0 Å². The number of phenols is 1. The molecule has 112 valence electrons. The maximum Gasteiger partial charge on any atom is 0.323 e. The molecule has 1 aromatic carbocycles. The lowest BCUT2D eigenvalue weighted by atomic mass is 9.85. The molecule has 20 heavy (non-hydrogen) atoms. The Morgan fingerprint density at radius 1 is 1.45 bits per heavy atom. The Bertz CT molecular complexity index is 443. The largest absolute Gasteiger partial charge is 0.508 e. The van der Waals surface area contributed by atoms with Crippen molar-refractivity contribution in [1.29, 1.82) is 0 Å². The zero-order valence-electron chi connectivity index (χ0n) is 12.3. The molecule has 0 aliphatic rings. The highest BCUT2D eigenvalue weighted by Crippen LogP contribution is 2.23. The first-order valence-corrected chi connectivity index (χ1v) is 7.15. The van der Waals surface area contributed by atoms with Gasteiger partial charge >= 0.3 is 5.97 Å². The van der Waals surface area contributed by atoms with Crippen molar-refractivity contribution < 1.29 is 15.0 Å². The molecule has 0 fully saturated rings. The van der Waals surface area contributed by atoms with E-state index in [0.717, 1.165) is 31.2 Å². The number of aromatic hydroxyl groups is 1. The number of nitrogens with two attached hydrogens (primary N) is 1. The number of carboxylic acid groups (broad SMARTS) is 1. The first-order valence-electron chi connectivity index (χ1n) is 7.15. The fourth-order valence-electron chi connectivity index (χ4n) is 2.44. The van der Waals surface area contributed by atoms with Gasteiger partial charge in [0.05, 0.1) is 0 Å². The molecule has 1 rings (SSSR count). The van der Waals surface area contributed by atoms with Gasteiger partial charge in [-0.05, 0) is 49.8 Å². The summed E-state index contributed by atoms with van der Waals surface area (Å²) in [6.07, 6.45) is 4.24. The van der Waals surface area contributed by atoms with Crippen molar-refractivity contribution in [2.45, 2.75) is 51.5 Å². The highest BCUT2D eigenvalue weighted by atomic mass is 16.4. The number of hydrogen-bond acceptors (Lipinski definition) is 3. The van der Waals surface area contributed by atoms with Gasteiger partial charge in [0, 0.05) is 0 Å². The van der Waals surface area contributed by atoms with Crippen LogP contribution >= 0.6 is 0 Å². The second kappa shape index (κ2) is 7.29. The van der Waals surface area contributed by atoms with Gasteiger partial charge in [0.1, 0.15) is 11.3 Å². The summed E-state index contributed by atoms with van der Waals surface area (Å²) in [7, 11) is 0. The van der Waals surface area contributed by atoms with Crippen LogP contribution in [0.2, 0.25) is 0 Å². The summed E-state index contributed by atoms with van der Waals surface area (Å²) in [6.45, 7) is 3.64. The molecular weight excluding hydrogens is 254 g/mol. The van der Waals surface area contributed by atoms with Crippen molar-refractivity contribution in [2.24, 2.45) is 11.7 Å². The van der Waals surface area contributed by atoms with E-state index in [4.69, 9.17) is 10.8 Å². The second-order valence-corrected chi connectivity index (χ2v) is 5.76. The number of carbonyl (C=O) groups is 1. The molecule has 0 heterocycles. The Kier molecular flexibility index (Phi) is 6.02. The number of aliphatic carboxylic acids is 1. The third kappa shape index (κ3) is 5.21. The monoisotopic (exact) mass is 279 g/mol. The van der Waals surface area contributed by atoms with Gasteiger partial charge in [-0.25, -0.2) is 0 Å². The fourth-order valence-corrected chi connectivity index (χ4v) is 2.44. The van der Waals surface area contributed by atoms with Crippen LogP contribution in [0.15, 0.2) is 24.3 Å². The van der Waals surface area contributed by atoms with Crippen molar-refractivity contribution in [1.82, 2.24) is 0 Å². The van der Waals surface area contributed by atoms with Gasteiger partial charge in [-0.3, -0.25) is 4.79 Å². The summed E-state index contributed by atoms with van der Waals surface area (Å²) in [5.41, 5.74) is 5.76. The van der Waals surface area contributed by atoms with Crippen LogP contribution in [0.5, 0.6) is 5.75 Å². The molecule has 0 radical (unpaired) electrons. The Labute approximate surface area is 120 Å². The van der Waals surface area contributed by atoms with E-state index in [1.807, 2.05) is 12.1 Å². The van der Waals surface area contributed by atoms with Crippen molar-refractivity contribution in [2.75, 3.05) is 0 Å².